The molecule has 2 rings (SSSR count). The van der Waals surface area contributed by atoms with Gasteiger partial charge in [-0.1, -0.05) is 65.5 Å². The zero-order chi connectivity index (χ0) is 28.5. The molecule has 0 aromatic heterocycles. The van der Waals surface area contributed by atoms with Crippen molar-refractivity contribution >= 4 is 17.7 Å². The summed E-state index contributed by atoms with van der Waals surface area (Å²) in [6, 6.07) is 6.80. The summed E-state index contributed by atoms with van der Waals surface area (Å²) in [4.78, 5) is 43.7. The zero-order valence-corrected chi connectivity index (χ0v) is 24.8. The fraction of sp³-hybridized carbons (Fsp3) is 0.710. The van der Waals surface area contributed by atoms with E-state index in [9.17, 15) is 14.4 Å². The Bertz CT molecular complexity index is 843. The van der Waals surface area contributed by atoms with Gasteiger partial charge in [0.25, 0.3) is 5.91 Å². The van der Waals surface area contributed by atoms with Gasteiger partial charge in [0.1, 0.15) is 6.04 Å². The monoisotopic (exact) mass is 544 g/mol. The highest BCUT2D eigenvalue weighted by atomic mass is 16.5. The zero-order valence-electron chi connectivity index (χ0n) is 24.8. The van der Waals surface area contributed by atoms with Gasteiger partial charge in [0.2, 0.25) is 11.8 Å². The number of hydrogen-bond acceptors (Lipinski definition) is 5. The van der Waals surface area contributed by atoms with E-state index in [4.69, 9.17) is 4.74 Å². The number of carbonyl (C=O) groups excluding carboxylic acids is 3. The normalized spacial score (nSPS) is 14.7. The maximum absolute atomic E-state index is 13.7. The number of ether oxygens (including phenoxy) is 1. The minimum Gasteiger partial charge on any atom is -0.379 e. The van der Waals surface area contributed by atoms with Gasteiger partial charge in [0.05, 0.1) is 13.2 Å². The summed E-state index contributed by atoms with van der Waals surface area (Å²) >= 11 is 0. The van der Waals surface area contributed by atoms with E-state index in [-0.39, 0.29) is 30.6 Å². The largest absolute Gasteiger partial charge is 0.379 e. The Balaban J connectivity index is 2.05. The van der Waals surface area contributed by atoms with Gasteiger partial charge in [0.15, 0.2) is 0 Å². The van der Waals surface area contributed by atoms with E-state index >= 15 is 0 Å². The summed E-state index contributed by atoms with van der Waals surface area (Å²) < 4.78 is 5.38. The third-order valence-electron chi connectivity index (χ3n) is 7.33. The first kappa shape index (κ1) is 32.8. The van der Waals surface area contributed by atoms with Crippen molar-refractivity contribution in [3.05, 3.63) is 35.4 Å². The SMILES string of the molecule is CCCCCN(CCCCC)C(=O)C(CCC(=O)NCCN1CCOCC1)NC(=O)c1ccc(C(C)C)cc1. The van der Waals surface area contributed by atoms with Crippen LogP contribution in [0.1, 0.15) is 101 Å². The molecule has 1 aliphatic rings. The van der Waals surface area contributed by atoms with E-state index in [1.54, 1.807) is 0 Å². The Morgan fingerprint density at radius 2 is 1.56 bits per heavy atom. The molecule has 1 heterocycles. The molecule has 0 radical (unpaired) electrons. The average Bonchev–Trinajstić information content (AvgIpc) is 2.94. The van der Waals surface area contributed by atoms with Crippen molar-refractivity contribution in [3.8, 4) is 0 Å². The highest BCUT2D eigenvalue weighted by Crippen LogP contribution is 2.15. The van der Waals surface area contributed by atoms with Gasteiger partial charge >= 0.3 is 0 Å². The quantitative estimate of drug-likeness (QED) is 0.268. The Kier molecular flexibility index (Phi) is 15.8. The number of benzene rings is 1. The van der Waals surface area contributed by atoms with Crippen molar-refractivity contribution in [3.63, 3.8) is 0 Å². The highest BCUT2D eigenvalue weighted by Gasteiger charge is 2.27. The summed E-state index contributed by atoms with van der Waals surface area (Å²) in [5.74, 6) is -0.0907. The third-order valence-corrected chi connectivity index (χ3v) is 7.33. The minimum atomic E-state index is -0.740. The van der Waals surface area contributed by atoms with Gasteiger partial charge in [-0.05, 0) is 42.9 Å². The summed E-state index contributed by atoms with van der Waals surface area (Å²) in [6.07, 6.45) is 6.61. The Morgan fingerprint density at radius 1 is 0.949 bits per heavy atom. The van der Waals surface area contributed by atoms with Crippen LogP contribution in [0, 0.1) is 0 Å². The van der Waals surface area contributed by atoms with Gasteiger partial charge in [-0.15, -0.1) is 0 Å². The lowest BCUT2D eigenvalue weighted by atomic mass is 10.0. The van der Waals surface area contributed by atoms with Crippen molar-refractivity contribution in [2.45, 2.75) is 91.0 Å². The lowest BCUT2D eigenvalue weighted by molar-refractivity contribution is -0.133. The first-order valence-electron chi connectivity index (χ1n) is 15.1. The summed E-state index contributed by atoms with van der Waals surface area (Å²) in [5, 5.41) is 5.95. The number of morpholine rings is 1. The second-order valence-electron chi connectivity index (χ2n) is 10.9. The molecule has 39 heavy (non-hydrogen) atoms. The van der Waals surface area contributed by atoms with Crippen molar-refractivity contribution in [1.82, 2.24) is 20.4 Å². The molecule has 2 N–H and O–H groups in total. The third kappa shape index (κ3) is 12.5. The van der Waals surface area contributed by atoms with E-state index in [2.05, 4.69) is 43.2 Å². The topological polar surface area (TPSA) is 91.0 Å². The van der Waals surface area contributed by atoms with Gasteiger partial charge < -0.3 is 20.3 Å². The minimum absolute atomic E-state index is 0.0875. The molecule has 1 aromatic rings. The van der Waals surface area contributed by atoms with Crippen LogP contribution in [0.15, 0.2) is 24.3 Å². The van der Waals surface area contributed by atoms with Crippen LogP contribution < -0.4 is 10.6 Å². The standard InChI is InChI=1S/C31H52N4O4/c1-5-7-9-18-35(19-10-8-6-2)31(38)28(33-30(37)27-13-11-26(12-14-27)25(3)4)15-16-29(36)32-17-20-34-21-23-39-24-22-34/h11-14,25,28H,5-10,15-24H2,1-4H3,(H,32,36)(H,33,37). The van der Waals surface area contributed by atoms with Crippen LogP contribution in [0.3, 0.4) is 0 Å². The number of unbranched alkanes of at least 4 members (excludes halogenated alkanes) is 4. The average molecular weight is 545 g/mol. The Morgan fingerprint density at radius 3 is 2.13 bits per heavy atom. The molecule has 0 aliphatic carbocycles. The van der Waals surface area contributed by atoms with Crippen molar-refractivity contribution in [1.29, 1.82) is 0 Å². The van der Waals surface area contributed by atoms with Crippen LogP contribution in [0.5, 0.6) is 0 Å². The molecule has 1 unspecified atom stereocenters. The molecule has 0 bridgehead atoms. The molecule has 1 saturated heterocycles. The number of carbonyl (C=O) groups is 3. The number of nitrogens with zero attached hydrogens (tertiary/aromatic N) is 2. The van der Waals surface area contributed by atoms with Crippen LogP contribution in [0.2, 0.25) is 0 Å². The number of rotatable bonds is 18. The second-order valence-corrected chi connectivity index (χ2v) is 10.9. The maximum Gasteiger partial charge on any atom is 0.251 e. The first-order valence-corrected chi connectivity index (χ1v) is 15.1. The van der Waals surface area contributed by atoms with Crippen LogP contribution in [0.4, 0.5) is 0 Å². The van der Waals surface area contributed by atoms with E-state index in [0.29, 0.717) is 31.1 Å². The lowest BCUT2D eigenvalue weighted by Gasteiger charge is -2.28. The number of nitrogens with one attached hydrogen (secondary N) is 2. The molecule has 1 aliphatic heterocycles. The molecule has 1 aromatic carbocycles. The lowest BCUT2D eigenvalue weighted by Crippen LogP contribution is -2.49. The fourth-order valence-electron chi connectivity index (χ4n) is 4.72. The Labute approximate surface area is 236 Å². The molecule has 0 spiro atoms. The smallest absolute Gasteiger partial charge is 0.251 e. The molecule has 8 heteroatoms. The molecular formula is C31H52N4O4. The molecular weight excluding hydrogens is 492 g/mol. The van der Waals surface area contributed by atoms with Crippen molar-refractivity contribution in [2.24, 2.45) is 0 Å². The predicted molar refractivity (Wildman–Crippen MR) is 157 cm³/mol. The fourth-order valence-corrected chi connectivity index (χ4v) is 4.72. The van der Waals surface area contributed by atoms with Gasteiger partial charge in [0, 0.05) is 51.3 Å². The van der Waals surface area contributed by atoms with Gasteiger partial charge in [-0.3, -0.25) is 19.3 Å². The molecule has 220 valence electrons. The molecule has 3 amide bonds. The van der Waals surface area contributed by atoms with E-state index in [1.165, 1.54) is 0 Å². The Hall–Kier alpha value is -2.45. The maximum atomic E-state index is 13.7. The summed E-state index contributed by atoms with van der Waals surface area (Å²) in [7, 11) is 0. The predicted octanol–water partition coefficient (Wildman–Crippen LogP) is 4.35. The van der Waals surface area contributed by atoms with Crippen LogP contribution >= 0.6 is 0 Å². The van der Waals surface area contributed by atoms with Gasteiger partial charge in [-0.2, -0.15) is 0 Å². The molecule has 0 saturated carbocycles. The highest BCUT2D eigenvalue weighted by molar-refractivity contribution is 5.97. The van der Waals surface area contributed by atoms with Crippen molar-refractivity contribution in [2.75, 3.05) is 52.5 Å². The molecule has 1 atom stereocenters. The van der Waals surface area contributed by atoms with Crippen LogP contribution in [-0.4, -0.2) is 86.0 Å². The second kappa shape index (κ2) is 18.8. The van der Waals surface area contributed by atoms with E-state index in [0.717, 1.165) is 76.9 Å². The molecule has 1 fully saturated rings. The number of hydrogen-bond donors (Lipinski definition) is 2. The summed E-state index contributed by atoms with van der Waals surface area (Å²) in [6.45, 7) is 14.4. The first-order chi connectivity index (χ1) is 18.8. The van der Waals surface area contributed by atoms with Crippen molar-refractivity contribution < 1.29 is 19.1 Å². The van der Waals surface area contributed by atoms with Crippen LogP contribution in [0.25, 0.3) is 0 Å². The molecule has 8 nitrogen and oxygen atoms in total. The van der Waals surface area contributed by atoms with E-state index in [1.807, 2.05) is 29.2 Å². The number of amides is 3. The van der Waals surface area contributed by atoms with Gasteiger partial charge in [-0.25, -0.2) is 0 Å². The summed E-state index contributed by atoms with van der Waals surface area (Å²) in [5.41, 5.74) is 1.68. The van der Waals surface area contributed by atoms with E-state index < -0.39 is 6.04 Å². The van der Waals surface area contributed by atoms with Crippen LogP contribution in [-0.2, 0) is 14.3 Å².